The molecule has 14 heavy (non-hydrogen) atoms. The second-order valence-electron chi connectivity index (χ2n) is 2.72. The van der Waals surface area contributed by atoms with Crippen LogP contribution < -0.4 is 11.5 Å². The summed E-state index contributed by atoms with van der Waals surface area (Å²) in [6, 6.07) is 6.28. The highest BCUT2D eigenvalue weighted by Gasteiger charge is 1.88. The van der Waals surface area contributed by atoms with E-state index < -0.39 is 0 Å². The quantitative estimate of drug-likeness (QED) is 0.558. The third-order valence-corrected chi connectivity index (χ3v) is 1.54. The topological polar surface area (TPSA) is 64.4 Å². The van der Waals surface area contributed by atoms with Crippen LogP contribution in [0.25, 0.3) is 6.08 Å². The predicted molar refractivity (Wildman–Crippen MR) is 56.1 cm³/mol. The molecule has 0 aliphatic heterocycles. The number of halogens is 1. The van der Waals surface area contributed by atoms with Gasteiger partial charge in [0.2, 0.25) is 0 Å². The monoisotopic (exact) mass is 193 g/mol. The number of guanidine groups is 1. The van der Waals surface area contributed by atoms with E-state index in [9.17, 15) is 4.39 Å². The summed E-state index contributed by atoms with van der Waals surface area (Å²) in [6.07, 6.45) is 3.52. The van der Waals surface area contributed by atoms with Gasteiger partial charge in [0, 0.05) is 0 Å². The normalized spacial score (nSPS) is 10.4. The van der Waals surface area contributed by atoms with Gasteiger partial charge < -0.3 is 11.5 Å². The maximum Gasteiger partial charge on any atom is 0.186 e. The molecule has 0 spiro atoms. The van der Waals surface area contributed by atoms with Gasteiger partial charge >= 0.3 is 0 Å². The first-order valence-corrected chi connectivity index (χ1v) is 4.16. The molecule has 0 saturated heterocycles. The molecule has 1 aromatic rings. The number of aliphatic imine (C=N–C) groups is 1. The number of nitrogens with zero attached hydrogens (tertiary/aromatic N) is 1. The molecule has 0 heterocycles. The van der Waals surface area contributed by atoms with Crippen molar-refractivity contribution in [3.8, 4) is 0 Å². The van der Waals surface area contributed by atoms with Crippen molar-refractivity contribution in [2.45, 2.75) is 0 Å². The maximum atomic E-state index is 12.7. The van der Waals surface area contributed by atoms with E-state index in [1.807, 2.05) is 0 Å². The van der Waals surface area contributed by atoms with E-state index in [0.717, 1.165) is 5.56 Å². The molecule has 0 saturated carbocycles. The van der Waals surface area contributed by atoms with Gasteiger partial charge in [-0.15, -0.1) is 0 Å². The average molecular weight is 193 g/mol. The van der Waals surface area contributed by atoms with Crippen molar-refractivity contribution >= 4 is 12.0 Å². The van der Waals surface area contributed by atoms with Gasteiger partial charge in [-0.25, -0.2) is 9.38 Å². The van der Waals surface area contributed by atoms with Crippen LogP contribution in [0.15, 0.2) is 35.3 Å². The molecular formula is C10H12FN3. The number of rotatable bonds is 3. The van der Waals surface area contributed by atoms with Crippen molar-refractivity contribution in [3.63, 3.8) is 0 Å². The Morgan fingerprint density at radius 2 is 2.21 bits per heavy atom. The minimum Gasteiger partial charge on any atom is -0.370 e. The van der Waals surface area contributed by atoms with Gasteiger partial charge in [0.25, 0.3) is 0 Å². The zero-order valence-corrected chi connectivity index (χ0v) is 7.65. The molecule has 0 atom stereocenters. The molecule has 0 bridgehead atoms. The first kappa shape index (κ1) is 10.2. The van der Waals surface area contributed by atoms with Crippen LogP contribution in [-0.2, 0) is 0 Å². The predicted octanol–water partition coefficient (Wildman–Crippen LogP) is 1.11. The van der Waals surface area contributed by atoms with Crippen LogP contribution in [0.5, 0.6) is 0 Å². The lowest BCUT2D eigenvalue weighted by atomic mass is 10.2. The largest absolute Gasteiger partial charge is 0.370 e. The van der Waals surface area contributed by atoms with Crippen LogP contribution in [0.1, 0.15) is 5.56 Å². The third kappa shape index (κ3) is 3.71. The molecule has 1 aromatic carbocycles. The number of hydrogen-bond acceptors (Lipinski definition) is 1. The van der Waals surface area contributed by atoms with E-state index in [1.165, 1.54) is 12.1 Å². The molecular weight excluding hydrogens is 181 g/mol. The van der Waals surface area contributed by atoms with Crippen molar-refractivity contribution in [1.82, 2.24) is 0 Å². The summed E-state index contributed by atoms with van der Waals surface area (Å²) in [5.41, 5.74) is 11.0. The summed E-state index contributed by atoms with van der Waals surface area (Å²) in [6.45, 7) is 0.402. The Morgan fingerprint density at radius 1 is 1.43 bits per heavy atom. The molecule has 0 radical (unpaired) electrons. The lowest BCUT2D eigenvalue weighted by Gasteiger charge is -1.92. The number of hydrogen-bond donors (Lipinski definition) is 2. The fourth-order valence-electron chi connectivity index (χ4n) is 0.957. The van der Waals surface area contributed by atoms with Crippen LogP contribution in [0.2, 0.25) is 0 Å². The van der Waals surface area contributed by atoms with Gasteiger partial charge in [-0.05, 0) is 17.7 Å². The number of nitrogens with two attached hydrogens (primary N) is 2. The van der Waals surface area contributed by atoms with Crippen molar-refractivity contribution < 1.29 is 4.39 Å². The highest BCUT2D eigenvalue weighted by molar-refractivity contribution is 5.75. The summed E-state index contributed by atoms with van der Waals surface area (Å²) in [7, 11) is 0. The minimum atomic E-state index is -0.256. The van der Waals surface area contributed by atoms with Crippen LogP contribution in [0, 0.1) is 5.82 Å². The molecule has 4 heteroatoms. The molecule has 0 unspecified atom stereocenters. The fourth-order valence-corrected chi connectivity index (χ4v) is 0.957. The Labute approximate surface area is 81.9 Å². The molecule has 3 nitrogen and oxygen atoms in total. The lowest BCUT2D eigenvalue weighted by Crippen LogP contribution is -2.22. The molecule has 1 rings (SSSR count). The first-order valence-electron chi connectivity index (χ1n) is 4.16. The summed E-state index contributed by atoms with van der Waals surface area (Å²) >= 11 is 0. The summed E-state index contributed by atoms with van der Waals surface area (Å²) in [5.74, 6) is -0.206. The summed E-state index contributed by atoms with van der Waals surface area (Å²) < 4.78 is 12.7. The Bertz CT molecular complexity index is 354. The van der Waals surface area contributed by atoms with E-state index >= 15 is 0 Å². The second-order valence-corrected chi connectivity index (χ2v) is 2.72. The SMILES string of the molecule is NC(N)=NCC=Cc1cccc(F)c1. The third-order valence-electron chi connectivity index (χ3n) is 1.54. The Morgan fingerprint density at radius 3 is 2.86 bits per heavy atom. The molecule has 0 amide bonds. The zero-order valence-electron chi connectivity index (χ0n) is 7.65. The van der Waals surface area contributed by atoms with Crippen LogP contribution in [-0.4, -0.2) is 12.5 Å². The second kappa shape index (κ2) is 5.01. The highest BCUT2D eigenvalue weighted by atomic mass is 19.1. The van der Waals surface area contributed by atoms with Crippen LogP contribution in [0.3, 0.4) is 0 Å². The Balaban J connectivity index is 2.56. The van der Waals surface area contributed by atoms with Gasteiger partial charge in [0.15, 0.2) is 5.96 Å². The van der Waals surface area contributed by atoms with Crippen molar-refractivity contribution in [2.24, 2.45) is 16.5 Å². The minimum absolute atomic E-state index is 0.0499. The number of benzene rings is 1. The maximum absolute atomic E-state index is 12.7. The van der Waals surface area contributed by atoms with Crippen molar-refractivity contribution in [3.05, 3.63) is 41.7 Å². The first-order chi connectivity index (χ1) is 6.68. The average Bonchev–Trinajstić information content (AvgIpc) is 2.12. The standard InChI is InChI=1S/C10H12FN3/c11-9-5-1-3-8(7-9)4-2-6-14-10(12)13/h1-5,7H,6H2,(H4,12,13,14). The molecule has 0 aliphatic carbocycles. The Hall–Kier alpha value is -1.84. The summed E-state index contributed by atoms with van der Waals surface area (Å²) in [4.78, 5) is 3.75. The molecule has 0 aliphatic rings. The fraction of sp³-hybridized carbons (Fsp3) is 0.100. The molecule has 74 valence electrons. The van der Waals surface area contributed by atoms with E-state index in [0.29, 0.717) is 6.54 Å². The van der Waals surface area contributed by atoms with Crippen LogP contribution in [0.4, 0.5) is 4.39 Å². The smallest absolute Gasteiger partial charge is 0.186 e. The van der Waals surface area contributed by atoms with Gasteiger partial charge in [-0.3, -0.25) is 0 Å². The van der Waals surface area contributed by atoms with Gasteiger partial charge in [-0.2, -0.15) is 0 Å². The van der Waals surface area contributed by atoms with Gasteiger partial charge in [0.1, 0.15) is 5.82 Å². The van der Waals surface area contributed by atoms with Gasteiger partial charge in [-0.1, -0.05) is 24.3 Å². The van der Waals surface area contributed by atoms with Gasteiger partial charge in [0.05, 0.1) is 6.54 Å². The Kier molecular flexibility index (Phi) is 3.67. The van der Waals surface area contributed by atoms with E-state index in [-0.39, 0.29) is 11.8 Å². The highest BCUT2D eigenvalue weighted by Crippen LogP contribution is 2.04. The van der Waals surface area contributed by atoms with E-state index in [2.05, 4.69) is 4.99 Å². The van der Waals surface area contributed by atoms with Crippen molar-refractivity contribution in [1.29, 1.82) is 0 Å². The molecule has 4 N–H and O–H groups in total. The van der Waals surface area contributed by atoms with E-state index in [1.54, 1.807) is 24.3 Å². The zero-order chi connectivity index (χ0) is 10.4. The lowest BCUT2D eigenvalue weighted by molar-refractivity contribution is 0.627. The van der Waals surface area contributed by atoms with Crippen LogP contribution >= 0.6 is 0 Å². The van der Waals surface area contributed by atoms with Crippen molar-refractivity contribution in [2.75, 3.05) is 6.54 Å². The van der Waals surface area contributed by atoms with E-state index in [4.69, 9.17) is 11.5 Å². The molecule has 0 fully saturated rings. The molecule has 0 aromatic heterocycles. The summed E-state index contributed by atoms with van der Waals surface area (Å²) in [5, 5.41) is 0.